The maximum Gasteiger partial charge on any atom is 0.163 e. The van der Waals surface area contributed by atoms with Crippen molar-refractivity contribution >= 4 is 11.8 Å². The van der Waals surface area contributed by atoms with E-state index in [4.69, 9.17) is 14.2 Å². The molecule has 3 aromatic rings. The van der Waals surface area contributed by atoms with Crippen molar-refractivity contribution in [2.75, 3.05) is 13.2 Å². The molecule has 0 atom stereocenters. The molecular weight excluding hydrogens is 460 g/mol. The third-order valence-electron chi connectivity index (χ3n) is 5.60. The highest BCUT2D eigenvalue weighted by molar-refractivity contribution is 5.97. The van der Waals surface area contributed by atoms with Crippen LogP contribution in [0.2, 0.25) is 0 Å². The summed E-state index contributed by atoms with van der Waals surface area (Å²) in [7, 11) is 0. The van der Waals surface area contributed by atoms with E-state index in [0.29, 0.717) is 48.9 Å². The first-order valence-electron chi connectivity index (χ1n) is 12.1. The molecule has 0 fully saturated rings. The summed E-state index contributed by atoms with van der Waals surface area (Å²) in [4.78, 5) is 22.7. The molecule has 3 aromatic carbocycles. The maximum atomic E-state index is 11.7. The fourth-order valence-electron chi connectivity index (χ4n) is 3.78. The first kappa shape index (κ1) is 26.6. The number of aromatic carboxylic acids is 1. The van der Waals surface area contributed by atoms with Gasteiger partial charge in [0.15, 0.2) is 5.78 Å². The van der Waals surface area contributed by atoms with Gasteiger partial charge in [-0.1, -0.05) is 32.4 Å². The summed E-state index contributed by atoms with van der Waals surface area (Å²) in [6, 6.07) is 14.9. The molecule has 1 N–H and O–H groups in total. The topological polar surface area (TPSA) is 105 Å². The molecule has 0 radical (unpaired) electrons. The highest BCUT2D eigenvalue weighted by atomic mass is 16.5. The smallest absolute Gasteiger partial charge is 0.163 e. The largest absolute Gasteiger partial charge is 0.545 e. The van der Waals surface area contributed by atoms with E-state index in [-0.39, 0.29) is 17.1 Å². The fourth-order valence-corrected chi connectivity index (χ4v) is 3.78. The Labute approximate surface area is 211 Å². The van der Waals surface area contributed by atoms with Crippen LogP contribution in [0.25, 0.3) is 0 Å². The van der Waals surface area contributed by atoms with Gasteiger partial charge in [-0.25, -0.2) is 0 Å². The number of aromatic hydroxyl groups is 1. The zero-order valence-electron chi connectivity index (χ0n) is 20.8. The highest BCUT2D eigenvalue weighted by Crippen LogP contribution is 2.31. The maximum absolute atomic E-state index is 11.7. The van der Waals surface area contributed by atoms with Gasteiger partial charge in [0.05, 0.1) is 24.7 Å². The van der Waals surface area contributed by atoms with Crippen LogP contribution in [0.1, 0.15) is 65.5 Å². The summed E-state index contributed by atoms with van der Waals surface area (Å²) < 4.78 is 17.7. The second kappa shape index (κ2) is 12.6. The van der Waals surface area contributed by atoms with Gasteiger partial charge in [0.1, 0.15) is 28.7 Å². The summed E-state index contributed by atoms with van der Waals surface area (Å²) >= 11 is 0. The molecule has 0 aliphatic heterocycles. The minimum absolute atomic E-state index is 0.0551. The normalized spacial score (nSPS) is 10.6. The number of carbonyl (C=O) groups excluding carboxylic acids is 2. The quantitative estimate of drug-likeness (QED) is 0.262. The Morgan fingerprint density at radius 3 is 2.28 bits per heavy atom. The van der Waals surface area contributed by atoms with E-state index in [1.54, 1.807) is 24.3 Å². The van der Waals surface area contributed by atoms with Crippen LogP contribution in [0.15, 0.2) is 54.6 Å². The Bertz CT molecular complexity index is 1220. The number of phenols is 1. The summed E-state index contributed by atoms with van der Waals surface area (Å²) in [5.41, 5.74) is 2.21. The summed E-state index contributed by atoms with van der Waals surface area (Å²) in [5.74, 6) is 0.803. The van der Waals surface area contributed by atoms with Crippen molar-refractivity contribution in [1.29, 1.82) is 0 Å². The Hall–Kier alpha value is -4.00. The van der Waals surface area contributed by atoms with Crippen LogP contribution in [-0.4, -0.2) is 30.1 Å². The molecule has 0 saturated carbocycles. The zero-order chi connectivity index (χ0) is 26.1. The molecule has 7 nitrogen and oxygen atoms in total. The molecule has 0 aromatic heterocycles. The van der Waals surface area contributed by atoms with E-state index in [1.807, 2.05) is 19.1 Å². The van der Waals surface area contributed by atoms with Crippen molar-refractivity contribution in [3.63, 3.8) is 0 Å². The first-order valence-corrected chi connectivity index (χ1v) is 12.1. The van der Waals surface area contributed by atoms with E-state index < -0.39 is 5.97 Å². The van der Waals surface area contributed by atoms with Crippen LogP contribution >= 0.6 is 0 Å². The van der Waals surface area contributed by atoms with Crippen LogP contribution in [0.4, 0.5) is 0 Å². The van der Waals surface area contributed by atoms with Gasteiger partial charge in [-0.3, -0.25) is 4.79 Å². The van der Waals surface area contributed by atoms with E-state index in [1.165, 1.54) is 25.1 Å². The van der Waals surface area contributed by atoms with E-state index in [2.05, 4.69) is 6.92 Å². The van der Waals surface area contributed by atoms with Gasteiger partial charge in [-0.05, 0) is 67.3 Å². The molecule has 7 heteroatoms. The lowest BCUT2D eigenvalue weighted by Crippen LogP contribution is -2.21. The van der Waals surface area contributed by atoms with Crippen LogP contribution in [0.5, 0.6) is 28.7 Å². The van der Waals surface area contributed by atoms with Crippen molar-refractivity contribution in [2.24, 2.45) is 0 Å². The molecule has 36 heavy (non-hydrogen) atoms. The number of hydrogen-bond donors (Lipinski definition) is 1. The minimum Gasteiger partial charge on any atom is -0.545 e. The average molecular weight is 492 g/mol. The van der Waals surface area contributed by atoms with Gasteiger partial charge in [0, 0.05) is 18.1 Å². The highest BCUT2D eigenvalue weighted by Gasteiger charge is 2.13. The fraction of sp³-hybridized carbons (Fsp3) is 0.310. The zero-order valence-corrected chi connectivity index (χ0v) is 20.8. The summed E-state index contributed by atoms with van der Waals surface area (Å²) in [6.07, 6.45) is 3.02. The second-order valence-corrected chi connectivity index (χ2v) is 8.37. The third-order valence-corrected chi connectivity index (χ3v) is 5.60. The lowest BCUT2D eigenvalue weighted by atomic mass is 10.0. The van der Waals surface area contributed by atoms with Crippen molar-refractivity contribution in [3.8, 4) is 28.7 Å². The van der Waals surface area contributed by atoms with E-state index >= 15 is 0 Å². The number of hydrogen-bond acceptors (Lipinski definition) is 7. The SMILES string of the molecule is CCCc1cc(Oc2cccc(C(=O)[O-])c2)ccc1OCCCOc1cc(O)c(C(C)=O)cc1CC. The molecule has 0 aliphatic carbocycles. The predicted octanol–water partition coefficient (Wildman–Crippen LogP) is 5.11. The standard InChI is InChI=1S/C29H32O7/c1-4-8-21-15-24(36-23-10-6-9-22(16-23)29(32)33)11-12-27(21)34-13-7-14-35-28-18-26(31)25(19(3)30)17-20(28)5-2/h6,9-12,15-18,31H,4-5,7-8,13-14H2,1-3H3,(H,32,33)/p-1. The van der Waals surface area contributed by atoms with Gasteiger partial charge in [0.25, 0.3) is 0 Å². The Kier molecular flexibility index (Phi) is 9.33. The van der Waals surface area contributed by atoms with Gasteiger partial charge in [-0.2, -0.15) is 0 Å². The number of carboxylic acids is 1. The van der Waals surface area contributed by atoms with Crippen molar-refractivity contribution < 1.29 is 34.0 Å². The molecule has 190 valence electrons. The molecule has 0 bridgehead atoms. The second-order valence-electron chi connectivity index (χ2n) is 8.37. The van der Waals surface area contributed by atoms with E-state index in [9.17, 15) is 19.8 Å². The number of ether oxygens (including phenoxy) is 3. The molecule has 0 amide bonds. The number of carboxylic acid groups (broad SMARTS) is 1. The van der Waals surface area contributed by atoms with Crippen LogP contribution in [-0.2, 0) is 12.8 Å². The number of carbonyl (C=O) groups is 2. The lowest BCUT2D eigenvalue weighted by molar-refractivity contribution is -0.255. The Morgan fingerprint density at radius 1 is 0.889 bits per heavy atom. The lowest BCUT2D eigenvalue weighted by Gasteiger charge is -2.15. The molecule has 0 saturated heterocycles. The average Bonchev–Trinajstić information content (AvgIpc) is 2.85. The first-order chi connectivity index (χ1) is 17.3. The minimum atomic E-state index is -1.25. The number of aryl methyl sites for hydroxylation is 2. The van der Waals surface area contributed by atoms with Crippen molar-refractivity contribution in [1.82, 2.24) is 0 Å². The number of benzene rings is 3. The van der Waals surface area contributed by atoms with E-state index in [0.717, 1.165) is 29.7 Å². The van der Waals surface area contributed by atoms with Crippen molar-refractivity contribution in [3.05, 3.63) is 76.9 Å². The molecule has 0 aliphatic rings. The number of phenolic OH excluding ortho intramolecular Hbond substituents is 1. The van der Waals surface area contributed by atoms with Gasteiger partial charge in [0.2, 0.25) is 0 Å². The Balaban J connectivity index is 1.59. The third kappa shape index (κ3) is 7.01. The molecular formula is C29H31O7-. The summed E-state index contributed by atoms with van der Waals surface area (Å²) in [5, 5.41) is 21.2. The number of rotatable bonds is 13. The number of Topliss-reactive ketones (excluding diaryl/α,β-unsaturated/α-hetero) is 1. The molecule has 0 heterocycles. The van der Waals surface area contributed by atoms with Gasteiger partial charge >= 0.3 is 0 Å². The van der Waals surface area contributed by atoms with Crippen molar-refractivity contribution in [2.45, 2.75) is 46.5 Å². The van der Waals surface area contributed by atoms with Crippen LogP contribution in [0, 0.1) is 0 Å². The molecule has 0 unspecified atom stereocenters. The van der Waals surface area contributed by atoms with Gasteiger partial charge < -0.3 is 29.2 Å². The monoisotopic (exact) mass is 491 g/mol. The van der Waals surface area contributed by atoms with Crippen LogP contribution in [0.3, 0.4) is 0 Å². The van der Waals surface area contributed by atoms with Gasteiger partial charge in [-0.15, -0.1) is 0 Å². The molecule has 3 rings (SSSR count). The predicted molar refractivity (Wildman–Crippen MR) is 134 cm³/mol. The van der Waals surface area contributed by atoms with Crippen LogP contribution < -0.4 is 19.3 Å². The summed E-state index contributed by atoms with van der Waals surface area (Å²) in [6.45, 7) is 6.29. The Morgan fingerprint density at radius 2 is 1.61 bits per heavy atom. The molecule has 0 spiro atoms. The number of ketones is 1.